The molecule has 4 heteroatoms. The summed E-state index contributed by atoms with van der Waals surface area (Å²) in [5.74, 6) is 0.00741. The number of rotatable bonds is 9. The second-order valence-electron chi connectivity index (χ2n) is 4.68. The highest BCUT2D eigenvalue weighted by Gasteiger charge is 2.23. The van der Waals surface area contributed by atoms with E-state index in [1.54, 1.807) is 0 Å². The zero-order valence-electron chi connectivity index (χ0n) is 11.7. The minimum Gasteiger partial charge on any atom is -0.389 e. The first-order chi connectivity index (χ1) is 7.99. The van der Waals surface area contributed by atoms with Crippen molar-refractivity contribution in [1.29, 1.82) is 0 Å². The molecule has 1 unspecified atom stereocenters. The molecule has 0 aromatic carbocycles. The molecule has 1 atom stereocenters. The van der Waals surface area contributed by atoms with Gasteiger partial charge < -0.3 is 15.7 Å². The van der Waals surface area contributed by atoms with Gasteiger partial charge in [0.05, 0.1) is 11.6 Å². The average Bonchev–Trinajstić information content (AvgIpc) is 2.35. The number of carbonyl (C=O) groups excluding carboxylic acids is 1. The van der Waals surface area contributed by atoms with Crippen LogP contribution in [0, 0.1) is 0 Å². The molecular weight excluding hydrogens is 216 g/mol. The lowest BCUT2D eigenvalue weighted by molar-refractivity contribution is -0.123. The predicted octanol–water partition coefficient (Wildman–Crippen LogP) is 1.43. The number of carbonyl (C=O) groups is 1. The Bertz CT molecular complexity index is 215. The lowest BCUT2D eigenvalue weighted by atomic mass is 9.97. The second kappa shape index (κ2) is 8.48. The van der Waals surface area contributed by atoms with Crippen LogP contribution in [0.25, 0.3) is 0 Å². The summed E-state index contributed by atoms with van der Waals surface area (Å²) < 4.78 is 0. The molecule has 0 saturated carbocycles. The van der Waals surface area contributed by atoms with E-state index in [9.17, 15) is 9.90 Å². The Morgan fingerprint density at radius 3 is 2.35 bits per heavy atom. The first kappa shape index (κ1) is 16.4. The highest BCUT2D eigenvalue weighted by Crippen LogP contribution is 2.12. The Kier molecular flexibility index (Phi) is 8.17. The first-order valence-corrected chi connectivity index (χ1v) is 6.72. The molecule has 0 spiro atoms. The van der Waals surface area contributed by atoms with Crippen molar-refractivity contribution in [1.82, 2.24) is 10.6 Å². The van der Waals surface area contributed by atoms with Gasteiger partial charge in [-0.2, -0.15) is 0 Å². The number of hydrogen-bond donors (Lipinski definition) is 3. The molecule has 17 heavy (non-hydrogen) atoms. The van der Waals surface area contributed by atoms with Gasteiger partial charge >= 0.3 is 0 Å². The van der Waals surface area contributed by atoms with Crippen molar-refractivity contribution >= 4 is 5.91 Å². The third-order valence-corrected chi connectivity index (χ3v) is 3.28. The van der Waals surface area contributed by atoms with Crippen LogP contribution in [0.15, 0.2) is 0 Å². The normalized spacial score (nSPS) is 13.5. The highest BCUT2D eigenvalue weighted by atomic mass is 16.3. The fourth-order valence-electron chi connectivity index (χ4n) is 1.48. The summed E-state index contributed by atoms with van der Waals surface area (Å²) in [5.41, 5.74) is -0.696. The number of aliphatic hydroxyl groups is 1. The van der Waals surface area contributed by atoms with E-state index in [1.807, 2.05) is 20.8 Å². The maximum atomic E-state index is 11.7. The molecule has 0 aliphatic rings. The zero-order chi connectivity index (χ0) is 13.3. The van der Waals surface area contributed by atoms with Crippen molar-refractivity contribution in [3.8, 4) is 0 Å². The molecule has 0 heterocycles. The van der Waals surface area contributed by atoms with Crippen molar-refractivity contribution in [2.45, 2.75) is 65.0 Å². The van der Waals surface area contributed by atoms with Crippen molar-refractivity contribution in [2.75, 3.05) is 13.1 Å². The van der Waals surface area contributed by atoms with E-state index in [-0.39, 0.29) is 11.9 Å². The zero-order valence-corrected chi connectivity index (χ0v) is 11.7. The highest BCUT2D eigenvalue weighted by molar-refractivity contribution is 5.81. The molecular formula is C13H28N2O2. The van der Waals surface area contributed by atoms with Gasteiger partial charge in [-0.1, -0.05) is 27.2 Å². The predicted molar refractivity (Wildman–Crippen MR) is 70.9 cm³/mol. The molecule has 4 nitrogen and oxygen atoms in total. The van der Waals surface area contributed by atoms with Gasteiger partial charge in [-0.15, -0.1) is 0 Å². The maximum absolute atomic E-state index is 11.7. The Hall–Kier alpha value is -0.610. The first-order valence-electron chi connectivity index (χ1n) is 6.72. The van der Waals surface area contributed by atoms with Gasteiger partial charge in [-0.05, 0) is 26.2 Å². The molecule has 0 saturated heterocycles. The molecule has 0 aromatic rings. The second-order valence-corrected chi connectivity index (χ2v) is 4.68. The molecule has 1 amide bonds. The summed E-state index contributed by atoms with van der Waals surface area (Å²) in [6, 6.07) is -0.253. The molecule has 0 aromatic heterocycles. The summed E-state index contributed by atoms with van der Waals surface area (Å²) in [6.07, 6.45) is 3.47. The fourth-order valence-corrected chi connectivity index (χ4v) is 1.48. The van der Waals surface area contributed by atoms with E-state index in [1.165, 1.54) is 0 Å². The molecule has 3 N–H and O–H groups in total. The van der Waals surface area contributed by atoms with Crippen LogP contribution in [0.3, 0.4) is 0 Å². The standard InChI is InChI=1S/C13H28N2O2/c1-5-8-9-14-12(16)11(4)15-10-13(17,6-2)7-3/h11,15,17H,5-10H2,1-4H3,(H,14,16). The van der Waals surface area contributed by atoms with Gasteiger partial charge in [0.15, 0.2) is 0 Å². The topological polar surface area (TPSA) is 61.4 Å². The lowest BCUT2D eigenvalue weighted by Crippen LogP contribution is -2.48. The summed E-state index contributed by atoms with van der Waals surface area (Å²) >= 11 is 0. The van der Waals surface area contributed by atoms with Crippen LogP contribution < -0.4 is 10.6 Å². The van der Waals surface area contributed by atoms with Crippen LogP contribution in [0.4, 0.5) is 0 Å². The van der Waals surface area contributed by atoms with Crippen LogP contribution >= 0.6 is 0 Å². The van der Waals surface area contributed by atoms with E-state index in [0.29, 0.717) is 19.4 Å². The van der Waals surface area contributed by atoms with Gasteiger partial charge in [0.1, 0.15) is 0 Å². The summed E-state index contributed by atoms with van der Waals surface area (Å²) in [6.45, 7) is 9.02. The third kappa shape index (κ3) is 6.64. The maximum Gasteiger partial charge on any atom is 0.236 e. The average molecular weight is 244 g/mol. The van der Waals surface area contributed by atoms with Crippen molar-refractivity contribution in [2.24, 2.45) is 0 Å². The Morgan fingerprint density at radius 1 is 1.29 bits per heavy atom. The van der Waals surface area contributed by atoms with Crippen molar-refractivity contribution in [3.05, 3.63) is 0 Å². The number of unbranched alkanes of at least 4 members (excludes halogenated alkanes) is 1. The van der Waals surface area contributed by atoms with E-state index >= 15 is 0 Å². The number of nitrogens with one attached hydrogen (secondary N) is 2. The van der Waals surface area contributed by atoms with E-state index in [4.69, 9.17) is 0 Å². The SMILES string of the molecule is CCCCNC(=O)C(C)NCC(O)(CC)CC. The van der Waals surface area contributed by atoms with Crippen LogP contribution in [0.2, 0.25) is 0 Å². The molecule has 0 bridgehead atoms. The van der Waals surface area contributed by atoms with Gasteiger partial charge in [0.25, 0.3) is 0 Å². The minimum atomic E-state index is -0.696. The van der Waals surface area contributed by atoms with E-state index < -0.39 is 5.60 Å². The van der Waals surface area contributed by atoms with Gasteiger partial charge in [-0.25, -0.2) is 0 Å². The lowest BCUT2D eigenvalue weighted by Gasteiger charge is -2.27. The molecule has 102 valence electrons. The Balaban J connectivity index is 3.91. The smallest absolute Gasteiger partial charge is 0.236 e. The van der Waals surface area contributed by atoms with Crippen LogP contribution in [0.1, 0.15) is 53.4 Å². The van der Waals surface area contributed by atoms with Crippen LogP contribution in [0.5, 0.6) is 0 Å². The summed E-state index contributed by atoms with van der Waals surface area (Å²) in [5, 5.41) is 16.0. The largest absolute Gasteiger partial charge is 0.389 e. The molecule has 0 aliphatic carbocycles. The van der Waals surface area contributed by atoms with Gasteiger partial charge in [0, 0.05) is 13.1 Å². The van der Waals surface area contributed by atoms with Crippen LogP contribution in [-0.4, -0.2) is 35.7 Å². The molecule has 0 fully saturated rings. The minimum absolute atomic E-state index is 0.00741. The van der Waals surface area contributed by atoms with E-state index in [0.717, 1.165) is 19.4 Å². The molecule has 0 rings (SSSR count). The van der Waals surface area contributed by atoms with Gasteiger partial charge in [0.2, 0.25) is 5.91 Å². The van der Waals surface area contributed by atoms with Crippen molar-refractivity contribution < 1.29 is 9.90 Å². The monoisotopic (exact) mass is 244 g/mol. The molecule has 0 aliphatic heterocycles. The number of amides is 1. The summed E-state index contributed by atoms with van der Waals surface area (Å²) in [7, 11) is 0. The van der Waals surface area contributed by atoms with Crippen molar-refractivity contribution in [3.63, 3.8) is 0 Å². The Labute approximate surface area is 105 Å². The fraction of sp³-hybridized carbons (Fsp3) is 0.923. The Morgan fingerprint density at radius 2 is 1.88 bits per heavy atom. The van der Waals surface area contributed by atoms with E-state index in [2.05, 4.69) is 17.6 Å². The molecule has 0 radical (unpaired) electrons. The third-order valence-electron chi connectivity index (χ3n) is 3.28. The van der Waals surface area contributed by atoms with Gasteiger partial charge in [-0.3, -0.25) is 4.79 Å². The quantitative estimate of drug-likeness (QED) is 0.538. The van der Waals surface area contributed by atoms with Crippen LogP contribution in [-0.2, 0) is 4.79 Å². The number of hydrogen-bond acceptors (Lipinski definition) is 3. The summed E-state index contributed by atoms with van der Waals surface area (Å²) in [4.78, 5) is 11.7.